The fourth-order valence-corrected chi connectivity index (χ4v) is 2.08. The number of carbonyl (C=O) groups is 2. The topological polar surface area (TPSA) is 83.1 Å². The average Bonchev–Trinajstić information content (AvgIpc) is 2.52. The van der Waals surface area contributed by atoms with Crippen molar-refractivity contribution in [2.45, 2.75) is 59.7 Å². The molecule has 0 aliphatic carbocycles. The number of aryl methyl sites for hydroxylation is 1. The molecule has 0 heterocycles. The molecule has 0 spiro atoms. The lowest BCUT2D eigenvalue weighted by atomic mass is 10.1. The van der Waals surface area contributed by atoms with Crippen LogP contribution >= 0.6 is 0 Å². The highest BCUT2D eigenvalue weighted by molar-refractivity contribution is 5.79. The maximum absolute atomic E-state index is 11.9. The number of esters is 1. The first-order chi connectivity index (χ1) is 12.4. The van der Waals surface area contributed by atoms with Crippen LogP contribution in [0, 0.1) is 6.92 Å². The van der Waals surface area contributed by atoms with Crippen molar-refractivity contribution in [3.05, 3.63) is 23.8 Å². The lowest BCUT2D eigenvalue weighted by molar-refractivity contribution is -0.158. The van der Waals surface area contributed by atoms with Crippen molar-refractivity contribution in [3.8, 4) is 11.5 Å². The summed E-state index contributed by atoms with van der Waals surface area (Å²) in [7, 11) is 0. The van der Waals surface area contributed by atoms with Gasteiger partial charge in [0.15, 0.2) is 5.60 Å². The lowest BCUT2D eigenvalue weighted by Gasteiger charge is -2.25. The molecule has 0 aliphatic rings. The normalized spacial score (nSPS) is 11.5. The van der Waals surface area contributed by atoms with Crippen LogP contribution in [-0.2, 0) is 14.3 Å². The van der Waals surface area contributed by atoms with Crippen LogP contribution < -0.4 is 14.8 Å². The van der Waals surface area contributed by atoms with Gasteiger partial charge in [0.05, 0.1) is 13.2 Å². The molecule has 0 saturated carbocycles. The summed E-state index contributed by atoms with van der Waals surface area (Å²) in [6, 6.07) is 5.30. The minimum atomic E-state index is -1.08. The molecule has 7 heteroatoms. The first-order valence-corrected chi connectivity index (χ1v) is 9.01. The maximum Gasteiger partial charge on any atom is 0.407 e. The molecule has 0 fully saturated rings. The van der Waals surface area contributed by atoms with E-state index in [2.05, 4.69) is 5.32 Å². The lowest BCUT2D eigenvalue weighted by Crippen LogP contribution is -2.39. The molecule has 0 radical (unpaired) electrons. The smallest absolute Gasteiger partial charge is 0.407 e. The summed E-state index contributed by atoms with van der Waals surface area (Å²) < 4.78 is 21.6. The van der Waals surface area contributed by atoms with Crippen molar-refractivity contribution in [2.75, 3.05) is 19.8 Å². The van der Waals surface area contributed by atoms with Crippen LogP contribution in [0.15, 0.2) is 18.2 Å². The summed E-state index contributed by atoms with van der Waals surface area (Å²) in [4.78, 5) is 23.5. The second-order valence-corrected chi connectivity index (χ2v) is 7.54. The van der Waals surface area contributed by atoms with Gasteiger partial charge in [0.2, 0.25) is 0 Å². The summed E-state index contributed by atoms with van der Waals surface area (Å²) >= 11 is 0. The molecule has 1 aromatic carbocycles. The van der Waals surface area contributed by atoms with Gasteiger partial charge in [-0.2, -0.15) is 0 Å². The Kier molecular flexibility index (Phi) is 7.94. The molecule has 0 unspecified atom stereocenters. The van der Waals surface area contributed by atoms with Crippen molar-refractivity contribution < 1.29 is 28.5 Å². The molecular formula is C20H31NO6. The zero-order chi connectivity index (χ0) is 20.7. The van der Waals surface area contributed by atoms with Crippen molar-refractivity contribution in [3.63, 3.8) is 0 Å². The van der Waals surface area contributed by atoms with Gasteiger partial charge in [-0.3, -0.25) is 0 Å². The number of rotatable bonds is 8. The van der Waals surface area contributed by atoms with Gasteiger partial charge in [0, 0.05) is 0 Å². The standard InChI is InChI=1S/C20H31NO6/c1-8-24-17(22)20(6,7)26-16-10-9-15(13-14(16)2)25-12-11-21-18(23)27-19(3,4)5/h9-10,13H,8,11-12H2,1-7H3,(H,21,23). The third kappa shape index (κ3) is 8.19. The fourth-order valence-electron chi connectivity index (χ4n) is 2.08. The van der Waals surface area contributed by atoms with E-state index in [1.807, 2.05) is 13.0 Å². The van der Waals surface area contributed by atoms with Crippen molar-refractivity contribution in [2.24, 2.45) is 0 Å². The number of hydrogen-bond donors (Lipinski definition) is 1. The summed E-state index contributed by atoms with van der Waals surface area (Å²) in [5.74, 6) is 0.796. The molecular weight excluding hydrogens is 350 g/mol. The van der Waals surface area contributed by atoms with Crippen molar-refractivity contribution in [1.82, 2.24) is 5.32 Å². The molecule has 1 rings (SSSR count). The molecule has 27 heavy (non-hydrogen) atoms. The minimum Gasteiger partial charge on any atom is -0.492 e. The Labute approximate surface area is 161 Å². The number of nitrogens with one attached hydrogen (secondary N) is 1. The van der Waals surface area contributed by atoms with E-state index in [1.165, 1.54) is 0 Å². The predicted molar refractivity (Wildman–Crippen MR) is 102 cm³/mol. The number of benzene rings is 1. The quantitative estimate of drug-likeness (QED) is 0.547. The van der Waals surface area contributed by atoms with E-state index in [1.54, 1.807) is 53.7 Å². The number of alkyl carbamates (subject to hydrolysis) is 1. The SMILES string of the molecule is CCOC(=O)C(C)(C)Oc1ccc(OCCNC(=O)OC(C)(C)C)cc1C. The Balaban J connectivity index is 2.54. The average molecular weight is 381 g/mol. The molecule has 7 nitrogen and oxygen atoms in total. The zero-order valence-electron chi connectivity index (χ0n) is 17.3. The van der Waals surface area contributed by atoms with Gasteiger partial charge in [-0.1, -0.05) is 0 Å². The predicted octanol–water partition coefficient (Wildman–Crippen LogP) is 3.62. The zero-order valence-corrected chi connectivity index (χ0v) is 17.3. The van der Waals surface area contributed by atoms with Crippen LogP contribution in [0.5, 0.6) is 11.5 Å². The van der Waals surface area contributed by atoms with Gasteiger partial charge in [-0.25, -0.2) is 9.59 Å². The van der Waals surface area contributed by atoms with E-state index < -0.39 is 23.3 Å². The largest absolute Gasteiger partial charge is 0.492 e. The van der Waals surface area contributed by atoms with E-state index >= 15 is 0 Å². The van der Waals surface area contributed by atoms with Crippen LogP contribution in [0.25, 0.3) is 0 Å². The Hall–Kier alpha value is -2.44. The van der Waals surface area contributed by atoms with Crippen molar-refractivity contribution >= 4 is 12.1 Å². The highest BCUT2D eigenvalue weighted by atomic mass is 16.6. The van der Waals surface area contributed by atoms with Crippen LogP contribution in [0.2, 0.25) is 0 Å². The summed E-state index contributed by atoms with van der Waals surface area (Å²) in [6.07, 6.45) is -0.479. The molecule has 152 valence electrons. The summed E-state index contributed by atoms with van der Waals surface area (Å²) in [5.41, 5.74) is -0.791. The number of carbonyl (C=O) groups excluding carboxylic acids is 2. The molecule has 0 saturated heterocycles. The van der Waals surface area contributed by atoms with Crippen LogP contribution in [0.1, 0.15) is 47.1 Å². The van der Waals surface area contributed by atoms with E-state index in [0.717, 1.165) is 5.56 Å². The third-order valence-corrected chi connectivity index (χ3v) is 3.32. The first kappa shape index (κ1) is 22.6. The molecule has 0 bridgehead atoms. The number of amides is 1. The van der Waals surface area contributed by atoms with E-state index in [0.29, 0.717) is 31.3 Å². The van der Waals surface area contributed by atoms with Gasteiger partial charge >= 0.3 is 12.1 Å². The van der Waals surface area contributed by atoms with E-state index in [9.17, 15) is 9.59 Å². The second kappa shape index (κ2) is 9.48. The van der Waals surface area contributed by atoms with Crippen LogP contribution in [-0.4, -0.2) is 43.0 Å². The second-order valence-electron chi connectivity index (χ2n) is 7.54. The molecule has 1 amide bonds. The highest BCUT2D eigenvalue weighted by Gasteiger charge is 2.32. The fraction of sp³-hybridized carbons (Fsp3) is 0.600. The summed E-state index contributed by atoms with van der Waals surface area (Å²) in [5, 5.41) is 2.63. The van der Waals surface area contributed by atoms with Gasteiger partial charge in [-0.05, 0) is 72.2 Å². The van der Waals surface area contributed by atoms with E-state index in [4.69, 9.17) is 18.9 Å². The monoisotopic (exact) mass is 381 g/mol. The number of hydrogen-bond acceptors (Lipinski definition) is 6. The molecule has 0 atom stereocenters. The Bertz CT molecular complexity index is 648. The van der Waals surface area contributed by atoms with Gasteiger partial charge in [0.25, 0.3) is 0 Å². The highest BCUT2D eigenvalue weighted by Crippen LogP contribution is 2.27. The third-order valence-electron chi connectivity index (χ3n) is 3.32. The van der Waals surface area contributed by atoms with Crippen LogP contribution in [0.3, 0.4) is 0 Å². The Morgan fingerprint density at radius 2 is 1.78 bits per heavy atom. The van der Waals surface area contributed by atoms with Crippen LogP contribution in [0.4, 0.5) is 4.79 Å². The molecule has 0 aliphatic heterocycles. The Morgan fingerprint density at radius 1 is 1.11 bits per heavy atom. The molecule has 0 aromatic heterocycles. The number of ether oxygens (including phenoxy) is 4. The molecule has 1 aromatic rings. The first-order valence-electron chi connectivity index (χ1n) is 9.01. The summed E-state index contributed by atoms with van der Waals surface area (Å²) in [6.45, 7) is 13.3. The molecule has 1 N–H and O–H groups in total. The van der Waals surface area contributed by atoms with Gasteiger partial charge in [0.1, 0.15) is 23.7 Å². The minimum absolute atomic E-state index is 0.299. The van der Waals surface area contributed by atoms with E-state index in [-0.39, 0.29) is 0 Å². The van der Waals surface area contributed by atoms with Crippen molar-refractivity contribution in [1.29, 1.82) is 0 Å². The van der Waals surface area contributed by atoms with Gasteiger partial charge in [-0.15, -0.1) is 0 Å². The maximum atomic E-state index is 11.9. The Morgan fingerprint density at radius 3 is 2.33 bits per heavy atom. The van der Waals surface area contributed by atoms with Gasteiger partial charge < -0.3 is 24.3 Å².